The van der Waals surface area contributed by atoms with Gasteiger partial charge in [0.05, 0.1) is 13.7 Å². The highest BCUT2D eigenvalue weighted by molar-refractivity contribution is 5.79. The van der Waals surface area contributed by atoms with Crippen LogP contribution in [0.2, 0.25) is 0 Å². The van der Waals surface area contributed by atoms with Gasteiger partial charge in [0.25, 0.3) is 0 Å². The lowest BCUT2D eigenvalue weighted by Gasteiger charge is -2.13. The van der Waals surface area contributed by atoms with E-state index >= 15 is 0 Å². The summed E-state index contributed by atoms with van der Waals surface area (Å²) in [5.74, 6) is 1.25. The van der Waals surface area contributed by atoms with E-state index in [9.17, 15) is 4.39 Å². The van der Waals surface area contributed by atoms with E-state index in [1.807, 2.05) is 24.3 Å². The minimum atomic E-state index is -0.257. The molecule has 0 saturated carbocycles. The average molecular weight is 345 g/mol. The van der Waals surface area contributed by atoms with Crippen molar-refractivity contribution in [2.75, 3.05) is 21.3 Å². The lowest BCUT2D eigenvalue weighted by Crippen LogP contribution is -2.36. The first kappa shape index (κ1) is 18.7. The van der Waals surface area contributed by atoms with Crippen molar-refractivity contribution < 1.29 is 13.9 Å². The zero-order chi connectivity index (χ0) is 18.1. The molecule has 0 aliphatic carbocycles. The Bertz CT molecular complexity index is 702. The minimum Gasteiger partial charge on any atom is -0.497 e. The number of hydrogen-bond acceptors (Lipinski definition) is 3. The number of rotatable bonds is 7. The van der Waals surface area contributed by atoms with E-state index in [0.717, 1.165) is 16.9 Å². The molecule has 25 heavy (non-hydrogen) atoms. The maximum atomic E-state index is 13.6. The van der Waals surface area contributed by atoms with Gasteiger partial charge in [0.1, 0.15) is 11.6 Å². The van der Waals surface area contributed by atoms with Crippen LogP contribution in [0.5, 0.6) is 5.75 Å². The van der Waals surface area contributed by atoms with Gasteiger partial charge in [-0.2, -0.15) is 0 Å². The molecule has 2 aromatic rings. The standard InChI is InChI=1S/C19H24FN3O2/c1-21-19(22-11-14-4-7-17(25-3)8-5-14)23-12-15-6-9-18(20)16(10-15)13-24-2/h4-10H,11-13H2,1-3H3,(H2,21,22,23). The monoisotopic (exact) mass is 345 g/mol. The molecule has 0 aliphatic rings. The topological polar surface area (TPSA) is 54.9 Å². The van der Waals surface area contributed by atoms with E-state index in [4.69, 9.17) is 9.47 Å². The minimum absolute atomic E-state index is 0.254. The van der Waals surface area contributed by atoms with Crippen LogP contribution in [0.15, 0.2) is 47.5 Å². The van der Waals surface area contributed by atoms with Crippen molar-refractivity contribution in [2.45, 2.75) is 19.7 Å². The van der Waals surface area contributed by atoms with Crippen molar-refractivity contribution in [1.29, 1.82) is 0 Å². The molecule has 0 saturated heterocycles. The Labute approximate surface area is 147 Å². The maximum Gasteiger partial charge on any atom is 0.191 e. The number of nitrogens with one attached hydrogen (secondary N) is 2. The maximum absolute atomic E-state index is 13.6. The first-order chi connectivity index (χ1) is 12.2. The van der Waals surface area contributed by atoms with Gasteiger partial charge in [0.15, 0.2) is 5.96 Å². The molecular formula is C19H24FN3O2. The predicted octanol–water partition coefficient (Wildman–Crippen LogP) is 2.85. The fourth-order valence-electron chi connectivity index (χ4n) is 2.34. The van der Waals surface area contributed by atoms with Crippen LogP contribution in [0.4, 0.5) is 4.39 Å². The first-order valence-corrected chi connectivity index (χ1v) is 8.00. The van der Waals surface area contributed by atoms with Gasteiger partial charge in [-0.1, -0.05) is 18.2 Å². The summed E-state index contributed by atoms with van der Waals surface area (Å²) in [6, 6.07) is 12.8. The molecule has 0 fully saturated rings. The van der Waals surface area contributed by atoms with Gasteiger partial charge in [-0.15, -0.1) is 0 Å². The summed E-state index contributed by atoms with van der Waals surface area (Å²) >= 11 is 0. The number of nitrogens with zero attached hydrogens (tertiary/aromatic N) is 1. The molecular weight excluding hydrogens is 321 g/mol. The fraction of sp³-hybridized carbons (Fsp3) is 0.316. The van der Waals surface area contributed by atoms with E-state index in [2.05, 4.69) is 15.6 Å². The summed E-state index contributed by atoms with van der Waals surface area (Å²) in [7, 11) is 4.91. The van der Waals surface area contributed by atoms with Crippen molar-refractivity contribution in [2.24, 2.45) is 4.99 Å². The van der Waals surface area contributed by atoms with E-state index in [1.54, 1.807) is 33.4 Å². The quantitative estimate of drug-likeness (QED) is 0.598. The fourth-order valence-corrected chi connectivity index (χ4v) is 2.34. The van der Waals surface area contributed by atoms with E-state index in [1.165, 1.54) is 6.07 Å². The Kier molecular flexibility index (Phi) is 7.22. The Balaban J connectivity index is 1.88. The van der Waals surface area contributed by atoms with Crippen LogP contribution < -0.4 is 15.4 Å². The van der Waals surface area contributed by atoms with Gasteiger partial charge in [-0.25, -0.2) is 4.39 Å². The predicted molar refractivity (Wildman–Crippen MR) is 97.1 cm³/mol. The molecule has 0 atom stereocenters. The summed E-state index contributed by atoms with van der Waals surface area (Å²) < 4.78 is 23.8. The van der Waals surface area contributed by atoms with Gasteiger partial charge >= 0.3 is 0 Å². The molecule has 2 aromatic carbocycles. The second-order valence-corrected chi connectivity index (χ2v) is 5.49. The lowest BCUT2D eigenvalue weighted by atomic mass is 10.1. The third kappa shape index (κ3) is 5.76. The number of aliphatic imine (C=N–C) groups is 1. The van der Waals surface area contributed by atoms with Crippen LogP contribution >= 0.6 is 0 Å². The Morgan fingerprint density at radius 3 is 2.24 bits per heavy atom. The van der Waals surface area contributed by atoms with E-state index < -0.39 is 0 Å². The van der Waals surface area contributed by atoms with Gasteiger partial charge in [0, 0.05) is 32.8 Å². The number of guanidine groups is 1. The number of hydrogen-bond donors (Lipinski definition) is 2. The molecule has 0 unspecified atom stereocenters. The van der Waals surface area contributed by atoms with Crippen LogP contribution in [0.1, 0.15) is 16.7 Å². The highest BCUT2D eigenvalue weighted by Crippen LogP contribution is 2.12. The molecule has 0 spiro atoms. The van der Waals surface area contributed by atoms with Crippen LogP contribution in [-0.4, -0.2) is 27.2 Å². The second-order valence-electron chi connectivity index (χ2n) is 5.49. The van der Waals surface area contributed by atoms with Crippen molar-refractivity contribution >= 4 is 5.96 Å². The van der Waals surface area contributed by atoms with Crippen molar-refractivity contribution in [3.05, 3.63) is 65.0 Å². The Morgan fingerprint density at radius 2 is 1.64 bits per heavy atom. The Hall–Kier alpha value is -2.60. The molecule has 2 rings (SSSR count). The smallest absolute Gasteiger partial charge is 0.191 e. The zero-order valence-electron chi connectivity index (χ0n) is 14.8. The van der Waals surface area contributed by atoms with Crippen molar-refractivity contribution in [3.8, 4) is 5.75 Å². The number of halogens is 1. The molecule has 5 nitrogen and oxygen atoms in total. The number of ether oxygens (including phenoxy) is 2. The number of methoxy groups -OCH3 is 2. The van der Waals surface area contributed by atoms with Crippen LogP contribution in [0, 0.1) is 5.82 Å². The van der Waals surface area contributed by atoms with Crippen LogP contribution in [0.3, 0.4) is 0 Å². The van der Waals surface area contributed by atoms with Gasteiger partial charge in [-0.3, -0.25) is 4.99 Å². The third-order valence-electron chi connectivity index (χ3n) is 3.71. The second kappa shape index (κ2) is 9.64. The summed E-state index contributed by atoms with van der Waals surface area (Å²) in [5, 5.41) is 6.46. The molecule has 6 heteroatoms. The largest absolute Gasteiger partial charge is 0.497 e. The van der Waals surface area contributed by atoms with Gasteiger partial charge in [0.2, 0.25) is 0 Å². The van der Waals surface area contributed by atoms with E-state index in [0.29, 0.717) is 24.6 Å². The summed E-state index contributed by atoms with van der Waals surface area (Å²) in [4.78, 5) is 4.20. The summed E-state index contributed by atoms with van der Waals surface area (Å²) in [6.07, 6.45) is 0. The highest BCUT2D eigenvalue weighted by Gasteiger charge is 2.05. The average Bonchev–Trinajstić information content (AvgIpc) is 2.65. The Morgan fingerprint density at radius 1 is 1.00 bits per heavy atom. The van der Waals surface area contributed by atoms with Crippen molar-refractivity contribution in [1.82, 2.24) is 10.6 Å². The molecule has 0 radical (unpaired) electrons. The lowest BCUT2D eigenvalue weighted by molar-refractivity contribution is 0.181. The SMILES string of the molecule is CN=C(NCc1ccc(OC)cc1)NCc1ccc(F)c(COC)c1. The molecule has 2 N–H and O–H groups in total. The molecule has 134 valence electrons. The van der Waals surface area contributed by atoms with Crippen LogP contribution in [0.25, 0.3) is 0 Å². The molecule has 0 amide bonds. The summed E-state index contributed by atoms with van der Waals surface area (Å²) in [6.45, 7) is 1.44. The van der Waals surface area contributed by atoms with Crippen LogP contribution in [-0.2, 0) is 24.4 Å². The van der Waals surface area contributed by atoms with Gasteiger partial charge < -0.3 is 20.1 Å². The first-order valence-electron chi connectivity index (χ1n) is 8.00. The zero-order valence-corrected chi connectivity index (χ0v) is 14.8. The number of benzene rings is 2. The van der Waals surface area contributed by atoms with Gasteiger partial charge in [-0.05, 0) is 35.4 Å². The molecule has 0 bridgehead atoms. The molecule has 0 aromatic heterocycles. The van der Waals surface area contributed by atoms with E-state index in [-0.39, 0.29) is 12.4 Å². The highest BCUT2D eigenvalue weighted by atomic mass is 19.1. The third-order valence-corrected chi connectivity index (χ3v) is 3.71. The normalized spacial score (nSPS) is 11.3. The molecule has 0 aliphatic heterocycles. The van der Waals surface area contributed by atoms with Crippen molar-refractivity contribution in [3.63, 3.8) is 0 Å². The molecule has 0 heterocycles. The summed E-state index contributed by atoms with van der Waals surface area (Å²) in [5.41, 5.74) is 2.62.